The van der Waals surface area contributed by atoms with Crippen LogP contribution in [0.4, 0.5) is 0 Å². The van der Waals surface area contributed by atoms with Crippen LogP contribution in [0.15, 0.2) is 0 Å². The lowest BCUT2D eigenvalue weighted by atomic mass is 10.3. The molecule has 0 unspecified atom stereocenters. The molecule has 0 rings (SSSR count). The summed E-state index contributed by atoms with van der Waals surface area (Å²) in [7, 11) is 1.78. The first-order chi connectivity index (χ1) is 4.77. The molecule has 0 aromatic carbocycles. The van der Waals surface area contributed by atoms with Crippen LogP contribution in [0.5, 0.6) is 0 Å². The first kappa shape index (κ1) is 9.43. The molecule has 0 spiro atoms. The minimum absolute atomic E-state index is 0.201. The molecule has 0 amide bonds. The number of carbonyl (C=O) groups is 1. The van der Waals surface area contributed by atoms with E-state index in [1.54, 1.807) is 7.05 Å². The van der Waals surface area contributed by atoms with E-state index in [2.05, 4.69) is 5.32 Å². The topological polar surface area (TPSA) is 40.4 Å². The summed E-state index contributed by atoms with van der Waals surface area (Å²) in [6.45, 7) is 2.82. The molecule has 0 fully saturated rings. The van der Waals surface area contributed by atoms with Gasteiger partial charge >= 0.3 is 5.97 Å². The van der Waals surface area contributed by atoms with Gasteiger partial charge in [0.05, 0.1) is 6.61 Å². The Balaban J connectivity index is 2.84. The number of hydrogen-bond donors (Lipinski definition) is 0. The summed E-state index contributed by atoms with van der Waals surface area (Å²) < 4.78 is 4.71. The normalized spacial score (nSPS) is 9.40. The number of ether oxygens (including phenoxy) is 1. The van der Waals surface area contributed by atoms with E-state index in [0.29, 0.717) is 6.61 Å². The lowest BCUT2D eigenvalue weighted by Gasteiger charge is -1.99. The highest BCUT2D eigenvalue weighted by Gasteiger charge is 1.91. The summed E-state index contributed by atoms with van der Waals surface area (Å²) in [5.74, 6) is -0.201. The fraction of sp³-hybridized carbons (Fsp3) is 0.857. The van der Waals surface area contributed by atoms with Gasteiger partial charge in [-0.2, -0.15) is 0 Å². The molecule has 0 atom stereocenters. The molecule has 0 aromatic rings. The molecular weight excluding hydrogens is 130 g/mol. The molecule has 59 valence electrons. The van der Waals surface area contributed by atoms with Crippen LogP contribution in [0.1, 0.15) is 19.8 Å². The highest BCUT2D eigenvalue weighted by molar-refractivity contribution is 5.65. The Morgan fingerprint density at radius 1 is 1.50 bits per heavy atom. The smallest absolute Gasteiger partial charge is 0.302 e. The van der Waals surface area contributed by atoms with E-state index >= 15 is 0 Å². The minimum Gasteiger partial charge on any atom is -0.466 e. The predicted molar refractivity (Wildman–Crippen MR) is 38.8 cm³/mol. The Morgan fingerprint density at radius 3 is 2.70 bits per heavy atom. The molecule has 0 aliphatic heterocycles. The van der Waals surface area contributed by atoms with Gasteiger partial charge in [-0.05, 0) is 12.8 Å². The van der Waals surface area contributed by atoms with Gasteiger partial charge in [-0.25, -0.2) is 5.32 Å². The Kier molecular flexibility index (Phi) is 6.18. The van der Waals surface area contributed by atoms with Gasteiger partial charge in [0.15, 0.2) is 0 Å². The van der Waals surface area contributed by atoms with Crippen LogP contribution in [0.25, 0.3) is 0 Å². The second-order valence-electron chi connectivity index (χ2n) is 2.09. The van der Waals surface area contributed by atoms with Crippen molar-refractivity contribution in [2.75, 3.05) is 20.2 Å². The van der Waals surface area contributed by atoms with Crippen LogP contribution in [0.3, 0.4) is 0 Å². The van der Waals surface area contributed by atoms with Crippen LogP contribution in [0, 0.1) is 0 Å². The van der Waals surface area contributed by atoms with Crippen LogP contribution < -0.4 is 5.32 Å². The summed E-state index contributed by atoms with van der Waals surface area (Å²) in [4.78, 5) is 10.2. The van der Waals surface area contributed by atoms with E-state index in [9.17, 15) is 4.79 Å². The summed E-state index contributed by atoms with van der Waals surface area (Å²) in [6.07, 6.45) is 1.92. The summed E-state index contributed by atoms with van der Waals surface area (Å²) in [5, 5.41) is 3.91. The monoisotopic (exact) mass is 144 g/mol. The van der Waals surface area contributed by atoms with Crippen molar-refractivity contribution in [3.05, 3.63) is 0 Å². The first-order valence-electron chi connectivity index (χ1n) is 3.46. The number of unbranched alkanes of at least 4 members (excludes halogenated alkanes) is 1. The van der Waals surface area contributed by atoms with Crippen LogP contribution in [-0.4, -0.2) is 26.2 Å². The Hall–Kier alpha value is -0.570. The molecule has 0 N–H and O–H groups in total. The first-order valence-corrected chi connectivity index (χ1v) is 3.46. The maximum absolute atomic E-state index is 10.2. The van der Waals surface area contributed by atoms with Gasteiger partial charge in [0.2, 0.25) is 0 Å². The van der Waals surface area contributed by atoms with E-state index < -0.39 is 0 Å². The van der Waals surface area contributed by atoms with E-state index in [-0.39, 0.29) is 5.97 Å². The molecule has 3 nitrogen and oxygen atoms in total. The molecule has 0 aromatic heterocycles. The van der Waals surface area contributed by atoms with Crippen LogP contribution in [0.2, 0.25) is 0 Å². The Bertz CT molecular complexity index is 93.6. The quantitative estimate of drug-likeness (QED) is 0.418. The van der Waals surface area contributed by atoms with Crippen molar-refractivity contribution in [1.29, 1.82) is 0 Å². The maximum Gasteiger partial charge on any atom is 0.302 e. The number of nitrogens with zero attached hydrogens (tertiary/aromatic N) is 1. The fourth-order valence-corrected chi connectivity index (χ4v) is 0.588. The standard InChI is InChI=1S/C7H14NO2/c1-7(9)10-6-4-3-5-8-2/h3-6H2,1-2H3. The third-order valence-electron chi connectivity index (χ3n) is 1.08. The van der Waals surface area contributed by atoms with E-state index in [4.69, 9.17) is 4.74 Å². The van der Waals surface area contributed by atoms with Gasteiger partial charge in [-0.3, -0.25) is 4.79 Å². The largest absolute Gasteiger partial charge is 0.466 e. The third kappa shape index (κ3) is 7.43. The van der Waals surface area contributed by atoms with Crippen molar-refractivity contribution in [3.63, 3.8) is 0 Å². The zero-order valence-corrected chi connectivity index (χ0v) is 6.59. The van der Waals surface area contributed by atoms with Gasteiger partial charge in [0, 0.05) is 20.5 Å². The number of hydrogen-bond acceptors (Lipinski definition) is 2. The summed E-state index contributed by atoms with van der Waals surface area (Å²) in [6, 6.07) is 0. The van der Waals surface area contributed by atoms with Gasteiger partial charge in [-0.1, -0.05) is 0 Å². The molecule has 0 bridgehead atoms. The highest BCUT2D eigenvalue weighted by atomic mass is 16.5. The lowest BCUT2D eigenvalue weighted by molar-refractivity contribution is -0.141. The van der Waals surface area contributed by atoms with Crippen molar-refractivity contribution < 1.29 is 9.53 Å². The van der Waals surface area contributed by atoms with Gasteiger partial charge in [0.1, 0.15) is 0 Å². The molecule has 0 saturated heterocycles. The molecule has 0 aliphatic carbocycles. The van der Waals surface area contributed by atoms with Crippen LogP contribution >= 0.6 is 0 Å². The highest BCUT2D eigenvalue weighted by Crippen LogP contribution is 1.88. The summed E-state index contributed by atoms with van der Waals surface area (Å²) in [5.41, 5.74) is 0. The van der Waals surface area contributed by atoms with Gasteiger partial charge in [0.25, 0.3) is 0 Å². The molecule has 3 heteroatoms. The van der Waals surface area contributed by atoms with Crippen molar-refractivity contribution in [3.8, 4) is 0 Å². The molecule has 1 radical (unpaired) electrons. The average molecular weight is 144 g/mol. The second-order valence-corrected chi connectivity index (χ2v) is 2.09. The van der Waals surface area contributed by atoms with E-state index in [0.717, 1.165) is 19.4 Å². The van der Waals surface area contributed by atoms with Gasteiger partial charge in [-0.15, -0.1) is 0 Å². The zero-order chi connectivity index (χ0) is 7.82. The zero-order valence-electron chi connectivity index (χ0n) is 6.59. The van der Waals surface area contributed by atoms with E-state index in [1.807, 2.05) is 0 Å². The van der Waals surface area contributed by atoms with Crippen molar-refractivity contribution in [2.45, 2.75) is 19.8 Å². The predicted octanol–water partition coefficient (Wildman–Crippen LogP) is 0.564. The SMILES string of the molecule is C[N]CCCCOC(C)=O. The summed E-state index contributed by atoms with van der Waals surface area (Å²) >= 11 is 0. The Labute approximate surface area is 61.8 Å². The minimum atomic E-state index is -0.201. The van der Waals surface area contributed by atoms with Crippen molar-refractivity contribution in [2.24, 2.45) is 0 Å². The molecule has 0 aliphatic rings. The molecular formula is C7H14NO2. The molecule has 0 saturated carbocycles. The molecule has 10 heavy (non-hydrogen) atoms. The molecule has 0 heterocycles. The Morgan fingerprint density at radius 2 is 2.20 bits per heavy atom. The maximum atomic E-state index is 10.2. The number of rotatable bonds is 5. The second kappa shape index (κ2) is 6.55. The third-order valence-corrected chi connectivity index (χ3v) is 1.08. The average Bonchev–Trinajstić information content (AvgIpc) is 1.87. The van der Waals surface area contributed by atoms with Crippen molar-refractivity contribution >= 4 is 5.97 Å². The number of esters is 1. The van der Waals surface area contributed by atoms with Gasteiger partial charge < -0.3 is 4.74 Å². The fourth-order valence-electron chi connectivity index (χ4n) is 0.588. The van der Waals surface area contributed by atoms with E-state index in [1.165, 1.54) is 6.92 Å². The lowest BCUT2D eigenvalue weighted by Crippen LogP contribution is -2.04. The van der Waals surface area contributed by atoms with Crippen LogP contribution in [-0.2, 0) is 9.53 Å². The number of carbonyl (C=O) groups excluding carboxylic acids is 1. The van der Waals surface area contributed by atoms with Crippen molar-refractivity contribution in [1.82, 2.24) is 5.32 Å².